The van der Waals surface area contributed by atoms with Crippen LogP contribution in [0.3, 0.4) is 0 Å². The van der Waals surface area contributed by atoms with Gasteiger partial charge in [0, 0.05) is 25.5 Å². The molecule has 1 rings (SSSR count). The van der Waals surface area contributed by atoms with Crippen LogP contribution in [-0.4, -0.2) is 22.6 Å². The number of nitrogens with zero attached hydrogens (tertiary/aromatic N) is 2. The Morgan fingerprint density at radius 2 is 2.54 bits per heavy atom. The van der Waals surface area contributed by atoms with Gasteiger partial charge >= 0.3 is 5.97 Å². The van der Waals surface area contributed by atoms with Crippen LogP contribution in [0.5, 0.6) is 0 Å². The molecule has 0 spiro atoms. The predicted octanol–water partition coefficient (Wildman–Crippen LogP) is 1.20. The third kappa shape index (κ3) is 2.95. The molecule has 1 aromatic rings. The second-order valence-corrected chi connectivity index (χ2v) is 3.14. The van der Waals surface area contributed by atoms with E-state index in [0.717, 1.165) is 5.16 Å². The third-order valence-corrected chi connectivity index (χ3v) is 2.23. The van der Waals surface area contributed by atoms with Gasteiger partial charge in [0.1, 0.15) is 0 Å². The number of aryl methyl sites for hydroxylation is 1. The number of aromatic nitrogens is 2. The van der Waals surface area contributed by atoms with E-state index < -0.39 is 0 Å². The molecule has 0 radical (unpaired) electrons. The van der Waals surface area contributed by atoms with Gasteiger partial charge in [-0.2, -0.15) is 0 Å². The van der Waals surface area contributed by atoms with Crippen molar-refractivity contribution < 1.29 is 9.53 Å². The summed E-state index contributed by atoms with van der Waals surface area (Å²) in [4.78, 5) is 14.7. The monoisotopic (exact) mass is 198 g/mol. The molecule has 0 aliphatic rings. The minimum absolute atomic E-state index is 0.360. The molecule has 0 aliphatic heterocycles. The first-order valence-corrected chi connectivity index (χ1v) is 4.50. The van der Waals surface area contributed by atoms with Crippen LogP contribution in [0, 0.1) is 0 Å². The summed E-state index contributed by atoms with van der Waals surface area (Å²) >= 11 is 1.37. The van der Waals surface area contributed by atoms with Gasteiger partial charge in [-0.3, -0.25) is 0 Å². The number of hydrogen-bond acceptors (Lipinski definition) is 4. The Morgan fingerprint density at radius 1 is 1.77 bits per heavy atom. The first-order chi connectivity index (χ1) is 6.24. The number of esters is 1. The minimum atomic E-state index is -0.360. The van der Waals surface area contributed by atoms with Gasteiger partial charge in [0.25, 0.3) is 0 Å². The van der Waals surface area contributed by atoms with Gasteiger partial charge in [-0.25, -0.2) is 9.78 Å². The lowest BCUT2D eigenvalue weighted by atomic mass is 10.7. The molecule has 0 unspecified atom stereocenters. The summed E-state index contributed by atoms with van der Waals surface area (Å²) in [5.74, 6) is -0.360. The number of rotatable bonds is 3. The van der Waals surface area contributed by atoms with Crippen molar-refractivity contribution in [1.29, 1.82) is 0 Å². The lowest BCUT2D eigenvalue weighted by Gasteiger charge is -1.94. The zero-order chi connectivity index (χ0) is 9.68. The van der Waals surface area contributed by atoms with Crippen molar-refractivity contribution in [3.05, 3.63) is 23.9 Å². The highest BCUT2D eigenvalue weighted by molar-refractivity contribution is 8.02. The number of methoxy groups -OCH3 is 1. The molecular formula is C8H10N2O2S. The number of carbonyl (C=O) groups is 1. The molecule has 0 N–H and O–H groups in total. The highest BCUT2D eigenvalue weighted by Gasteiger charge is 1.96. The third-order valence-electron chi connectivity index (χ3n) is 1.36. The highest BCUT2D eigenvalue weighted by atomic mass is 32.2. The second-order valence-electron chi connectivity index (χ2n) is 2.26. The minimum Gasteiger partial charge on any atom is -0.466 e. The number of imidazole rings is 1. The number of hydrogen-bond donors (Lipinski definition) is 0. The first kappa shape index (κ1) is 9.85. The van der Waals surface area contributed by atoms with E-state index in [1.54, 1.807) is 11.6 Å². The lowest BCUT2D eigenvalue weighted by molar-refractivity contribution is -0.134. The zero-order valence-electron chi connectivity index (χ0n) is 7.43. The molecule has 0 amide bonds. The number of carbonyl (C=O) groups excluding carboxylic acids is 1. The van der Waals surface area contributed by atoms with E-state index in [-0.39, 0.29) is 5.97 Å². The summed E-state index contributed by atoms with van der Waals surface area (Å²) in [6.45, 7) is 0. The molecule has 0 saturated heterocycles. The molecule has 0 saturated carbocycles. The SMILES string of the molecule is COC(=O)C=CSc1nccn1C. The maximum Gasteiger partial charge on any atom is 0.330 e. The van der Waals surface area contributed by atoms with Crippen molar-refractivity contribution >= 4 is 17.7 Å². The van der Waals surface area contributed by atoms with E-state index in [1.165, 1.54) is 24.9 Å². The summed E-state index contributed by atoms with van der Waals surface area (Å²) in [6.07, 6.45) is 4.90. The van der Waals surface area contributed by atoms with Crippen LogP contribution in [0.4, 0.5) is 0 Å². The van der Waals surface area contributed by atoms with E-state index in [2.05, 4.69) is 9.72 Å². The lowest BCUT2D eigenvalue weighted by Crippen LogP contribution is -1.93. The largest absolute Gasteiger partial charge is 0.466 e. The van der Waals surface area contributed by atoms with Crippen LogP contribution in [0.25, 0.3) is 0 Å². The molecular weight excluding hydrogens is 188 g/mol. The van der Waals surface area contributed by atoms with Gasteiger partial charge in [-0.15, -0.1) is 0 Å². The average molecular weight is 198 g/mol. The van der Waals surface area contributed by atoms with Crippen LogP contribution < -0.4 is 0 Å². The summed E-state index contributed by atoms with van der Waals surface area (Å²) in [6, 6.07) is 0. The molecule has 0 aromatic carbocycles. The second kappa shape index (κ2) is 4.71. The fourth-order valence-electron chi connectivity index (χ4n) is 0.684. The van der Waals surface area contributed by atoms with E-state index in [4.69, 9.17) is 0 Å². The molecule has 1 aromatic heterocycles. The predicted molar refractivity (Wildman–Crippen MR) is 50.2 cm³/mol. The normalized spacial score (nSPS) is 10.6. The standard InChI is InChI=1S/C8H10N2O2S/c1-10-5-4-9-8(10)13-6-3-7(11)12-2/h3-6H,1-2H3. The molecule has 5 heteroatoms. The highest BCUT2D eigenvalue weighted by Crippen LogP contribution is 2.15. The Hall–Kier alpha value is -1.23. The summed E-state index contributed by atoms with van der Waals surface area (Å²) < 4.78 is 6.30. The number of ether oxygens (including phenoxy) is 1. The Bertz CT molecular complexity index is 320. The number of thioether (sulfide) groups is 1. The van der Waals surface area contributed by atoms with Crippen molar-refractivity contribution in [3.63, 3.8) is 0 Å². The fraction of sp³-hybridized carbons (Fsp3) is 0.250. The van der Waals surface area contributed by atoms with Crippen LogP contribution in [0.2, 0.25) is 0 Å². The van der Waals surface area contributed by atoms with E-state index in [1.807, 2.05) is 17.8 Å². The van der Waals surface area contributed by atoms with E-state index in [9.17, 15) is 4.79 Å². The van der Waals surface area contributed by atoms with Gasteiger partial charge in [-0.05, 0) is 5.41 Å². The Labute approximate surface area is 80.6 Å². The van der Waals surface area contributed by atoms with Crippen molar-refractivity contribution in [2.75, 3.05) is 7.11 Å². The first-order valence-electron chi connectivity index (χ1n) is 3.62. The topological polar surface area (TPSA) is 44.1 Å². The summed E-state index contributed by atoms with van der Waals surface area (Å²) in [7, 11) is 3.24. The molecule has 0 fully saturated rings. The fourth-order valence-corrected chi connectivity index (χ4v) is 1.33. The maximum absolute atomic E-state index is 10.7. The Balaban J connectivity index is 2.48. The summed E-state index contributed by atoms with van der Waals surface area (Å²) in [5.41, 5.74) is 0. The molecule has 0 atom stereocenters. The molecule has 4 nitrogen and oxygen atoms in total. The maximum atomic E-state index is 10.7. The van der Waals surface area contributed by atoms with Crippen LogP contribution in [-0.2, 0) is 16.6 Å². The van der Waals surface area contributed by atoms with Crippen LogP contribution in [0.15, 0.2) is 29.0 Å². The molecule has 70 valence electrons. The van der Waals surface area contributed by atoms with Crippen LogP contribution in [0.1, 0.15) is 0 Å². The molecule has 13 heavy (non-hydrogen) atoms. The Kier molecular flexibility index (Phi) is 3.57. The average Bonchev–Trinajstić information content (AvgIpc) is 2.52. The van der Waals surface area contributed by atoms with E-state index in [0.29, 0.717) is 0 Å². The van der Waals surface area contributed by atoms with Gasteiger partial charge in [0.2, 0.25) is 0 Å². The van der Waals surface area contributed by atoms with Gasteiger partial charge < -0.3 is 9.30 Å². The van der Waals surface area contributed by atoms with Gasteiger partial charge in [-0.1, -0.05) is 11.8 Å². The summed E-state index contributed by atoms with van der Waals surface area (Å²) in [5, 5.41) is 2.48. The Morgan fingerprint density at radius 3 is 3.08 bits per heavy atom. The van der Waals surface area contributed by atoms with Gasteiger partial charge in [0.15, 0.2) is 5.16 Å². The van der Waals surface area contributed by atoms with Crippen molar-refractivity contribution in [1.82, 2.24) is 9.55 Å². The quantitative estimate of drug-likeness (QED) is 0.416. The van der Waals surface area contributed by atoms with Crippen molar-refractivity contribution in [2.24, 2.45) is 7.05 Å². The van der Waals surface area contributed by atoms with Gasteiger partial charge in [0.05, 0.1) is 7.11 Å². The molecule has 0 bridgehead atoms. The van der Waals surface area contributed by atoms with E-state index >= 15 is 0 Å². The zero-order valence-corrected chi connectivity index (χ0v) is 8.25. The van der Waals surface area contributed by atoms with Crippen LogP contribution >= 0.6 is 11.8 Å². The molecule has 0 aliphatic carbocycles. The van der Waals surface area contributed by atoms with Crippen molar-refractivity contribution in [3.8, 4) is 0 Å². The van der Waals surface area contributed by atoms with Crippen molar-refractivity contribution in [2.45, 2.75) is 5.16 Å². The molecule has 1 heterocycles. The smallest absolute Gasteiger partial charge is 0.330 e.